The van der Waals surface area contributed by atoms with Gasteiger partial charge in [0.25, 0.3) is 0 Å². The fraction of sp³-hybridized carbons (Fsp3) is 0.143. The zero-order chi connectivity index (χ0) is 14.4. The molecule has 0 spiro atoms. The first-order valence-corrected chi connectivity index (χ1v) is 6.07. The first-order valence-electron chi connectivity index (χ1n) is 6.07. The van der Waals surface area contributed by atoms with E-state index in [0.717, 1.165) is 5.75 Å². The van der Waals surface area contributed by atoms with E-state index in [9.17, 15) is 0 Å². The van der Waals surface area contributed by atoms with Crippen molar-refractivity contribution in [1.29, 1.82) is 0 Å². The third-order valence-corrected chi connectivity index (χ3v) is 2.47. The van der Waals surface area contributed by atoms with E-state index < -0.39 is 0 Å². The second-order valence-corrected chi connectivity index (χ2v) is 3.87. The Balaban J connectivity index is 2.13. The van der Waals surface area contributed by atoms with Crippen molar-refractivity contribution < 1.29 is 14.7 Å². The number of oxime groups is 1. The summed E-state index contributed by atoms with van der Waals surface area (Å²) in [7, 11) is 0. The molecule has 0 radical (unpaired) electrons. The Morgan fingerprint density at radius 1 is 1.20 bits per heavy atom. The molecule has 0 atom stereocenters. The predicted molar refractivity (Wildman–Crippen MR) is 74.4 cm³/mol. The van der Waals surface area contributed by atoms with Gasteiger partial charge in [0.2, 0.25) is 0 Å². The summed E-state index contributed by atoms with van der Waals surface area (Å²) < 4.78 is 11.0. The van der Waals surface area contributed by atoms with Gasteiger partial charge in [0.1, 0.15) is 22.9 Å². The Morgan fingerprint density at radius 2 is 1.90 bits per heavy atom. The lowest BCUT2D eigenvalue weighted by Gasteiger charge is -2.08. The van der Waals surface area contributed by atoms with Gasteiger partial charge in [-0.25, -0.2) is 0 Å². The average molecular weight is 273 g/mol. The van der Waals surface area contributed by atoms with Crippen molar-refractivity contribution in [3.05, 3.63) is 48.3 Å². The molecule has 6 heteroatoms. The summed E-state index contributed by atoms with van der Waals surface area (Å²) in [4.78, 5) is 3.97. The molecule has 0 saturated heterocycles. The van der Waals surface area contributed by atoms with Crippen LogP contribution in [-0.4, -0.2) is 22.6 Å². The zero-order valence-corrected chi connectivity index (χ0v) is 11.0. The zero-order valence-electron chi connectivity index (χ0n) is 11.0. The highest BCUT2D eigenvalue weighted by molar-refractivity contribution is 5.95. The number of aromatic nitrogens is 1. The molecule has 2 aromatic rings. The number of hydrogen-bond acceptors (Lipinski definition) is 5. The second-order valence-electron chi connectivity index (χ2n) is 3.87. The van der Waals surface area contributed by atoms with Crippen LogP contribution in [0.5, 0.6) is 17.2 Å². The summed E-state index contributed by atoms with van der Waals surface area (Å²) in [5.41, 5.74) is 5.82. The summed E-state index contributed by atoms with van der Waals surface area (Å²) in [6, 6.07) is 10.5. The number of benzene rings is 1. The summed E-state index contributed by atoms with van der Waals surface area (Å²) in [6.45, 7) is 2.55. The Hall–Kier alpha value is -2.76. The van der Waals surface area contributed by atoms with E-state index in [4.69, 9.17) is 20.4 Å². The molecule has 6 nitrogen and oxygen atoms in total. The van der Waals surface area contributed by atoms with Crippen molar-refractivity contribution in [2.45, 2.75) is 6.92 Å². The van der Waals surface area contributed by atoms with Crippen molar-refractivity contribution in [1.82, 2.24) is 4.98 Å². The molecular formula is C14H15N3O3. The van der Waals surface area contributed by atoms with E-state index in [2.05, 4.69) is 10.1 Å². The van der Waals surface area contributed by atoms with Gasteiger partial charge in [0.05, 0.1) is 6.61 Å². The van der Waals surface area contributed by atoms with E-state index in [1.807, 2.05) is 19.1 Å². The number of ether oxygens (including phenoxy) is 2. The number of hydrogen-bond donors (Lipinski definition) is 2. The summed E-state index contributed by atoms with van der Waals surface area (Å²) in [6.07, 6.45) is 1.53. The van der Waals surface area contributed by atoms with Crippen LogP contribution < -0.4 is 15.2 Å². The van der Waals surface area contributed by atoms with Crippen molar-refractivity contribution >= 4 is 5.84 Å². The Labute approximate surface area is 116 Å². The number of rotatable bonds is 5. The smallest absolute Gasteiger partial charge is 0.188 e. The maximum absolute atomic E-state index is 8.62. The average Bonchev–Trinajstić information content (AvgIpc) is 2.49. The minimum atomic E-state index is -0.0675. The Bertz CT molecular complexity index is 597. The molecule has 1 heterocycles. The number of nitrogens with two attached hydrogens (primary N) is 1. The van der Waals surface area contributed by atoms with Gasteiger partial charge in [0, 0.05) is 12.3 Å². The highest BCUT2D eigenvalue weighted by atomic mass is 16.5. The molecule has 0 aliphatic heterocycles. The van der Waals surface area contributed by atoms with Crippen LogP contribution in [0.1, 0.15) is 12.6 Å². The molecule has 1 aromatic heterocycles. The molecule has 104 valence electrons. The molecular weight excluding hydrogens is 258 g/mol. The molecule has 0 amide bonds. The van der Waals surface area contributed by atoms with E-state index in [1.54, 1.807) is 24.3 Å². The minimum absolute atomic E-state index is 0.0675. The van der Waals surface area contributed by atoms with E-state index in [0.29, 0.717) is 23.8 Å². The quantitative estimate of drug-likeness (QED) is 0.378. The van der Waals surface area contributed by atoms with Gasteiger partial charge in [-0.15, -0.1) is 0 Å². The number of amidine groups is 1. The topological polar surface area (TPSA) is 90.0 Å². The lowest BCUT2D eigenvalue weighted by atomic mass is 10.3. The van der Waals surface area contributed by atoms with E-state index in [1.165, 1.54) is 6.20 Å². The largest absolute Gasteiger partial charge is 0.494 e. The monoisotopic (exact) mass is 273 g/mol. The van der Waals surface area contributed by atoms with Crippen LogP contribution in [0.15, 0.2) is 47.8 Å². The molecule has 0 unspecified atom stereocenters. The van der Waals surface area contributed by atoms with Crippen molar-refractivity contribution in [3.63, 3.8) is 0 Å². The standard InChI is InChI=1S/C14H15N3O3/c1-2-19-10-3-5-11(6-4-10)20-12-7-8-16-13(9-12)14(15)17-18/h3-9,18H,2H2,1H3,(H2,15,17). The Kier molecular flexibility index (Phi) is 4.39. The summed E-state index contributed by atoms with van der Waals surface area (Å²) >= 11 is 0. The maximum Gasteiger partial charge on any atom is 0.188 e. The minimum Gasteiger partial charge on any atom is -0.494 e. The van der Waals surface area contributed by atoms with Gasteiger partial charge < -0.3 is 20.4 Å². The molecule has 0 saturated carbocycles. The van der Waals surface area contributed by atoms with Crippen LogP contribution in [0, 0.1) is 0 Å². The highest BCUT2D eigenvalue weighted by Crippen LogP contribution is 2.23. The highest BCUT2D eigenvalue weighted by Gasteiger charge is 2.04. The van der Waals surface area contributed by atoms with Crippen LogP contribution in [0.3, 0.4) is 0 Å². The normalized spacial score (nSPS) is 11.2. The molecule has 0 fully saturated rings. The maximum atomic E-state index is 8.62. The number of nitrogens with zero attached hydrogens (tertiary/aromatic N) is 2. The molecule has 20 heavy (non-hydrogen) atoms. The fourth-order valence-electron chi connectivity index (χ4n) is 1.57. The second kappa shape index (κ2) is 6.42. The van der Waals surface area contributed by atoms with Gasteiger partial charge in [-0.2, -0.15) is 0 Å². The lowest BCUT2D eigenvalue weighted by Crippen LogP contribution is -2.14. The molecule has 2 rings (SSSR count). The van der Waals surface area contributed by atoms with Crippen LogP contribution >= 0.6 is 0 Å². The molecule has 3 N–H and O–H groups in total. The van der Waals surface area contributed by atoms with Gasteiger partial charge in [-0.1, -0.05) is 5.16 Å². The van der Waals surface area contributed by atoms with E-state index in [-0.39, 0.29) is 5.84 Å². The predicted octanol–water partition coefficient (Wildman–Crippen LogP) is 2.37. The third kappa shape index (κ3) is 3.38. The van der Waals surface area contributed by atoms with Crippen molar-refractivity contribution in [3.8, 4) is 17.2 Å². The molecule has 0 bridgehead atoms. The third-order valence-electron chi connectivity index (χ3n) is 2.47. The van der Waals surface area contributed by atoms with Crippen LogP contribution in [0.2, 0.25) is 0 Å². The van der Waals surface area contributed by atoms with Gasteiger partial charge >= 0.3 is 0 Å². The van der Waals surface area contributed by atoms with E-state index >= 15 is 0 Å². The lowest BCUT2D eigenvalue weighted by molar-refractivity contribution is 0.318. The SMILES string of the molecule is CCOc1ccc(Oc2ccnc(C(N)=NO)c2)cc1. The molecule has 0 aliphatic carbocycles. The summed E-state index contributed by atoms with van der Waals surface area (Å²) in [5.74, 6) is 1.92. The van der Waals surface area contributed by atoms with Crippen LogP contribution in [0.4, 0.5) is 0 Å². The van der Waals surface area contributed by atoms with Crippen molar-refractivity contribution in [2.24, 2.45) is 10.9 Å². The van der Waals surface area contributed by atoms with Gasteiger partial charge in [-0.3, -0.25) is 4.98 Å². The van der Waals surface area contributed by atoms with Crippen LogP contribution in [0.25, 0.3) is 0 Å². The Morgan fingerprint density at radius 3 is 2.55 bits per heavy atom. The molecule has 1 aromatic carbocycles. The summed E-state index contributed by atoms with van der Waals surface area (Å²) in [5, 5.41) is 11.5. The fourth-order valence-corrected chi connectivity index (χ4v) is 1.57. The molecule has 0 aliphatic rings. The van der Waals surface area contributed by atoms with Gasteiger partial charge in [0.15, 0.2) is 5.84 Å². The first-order chi connectivity index (χ1) is 9.72. The van der Waals surface area contributed by atoms with Crippen molar-refractivity contribution in [2.75, 3.05) is 6.61 Å². The number of pyridine rings is 1. The van der Waals surface area contributed by atoms with Gasteiger partial charge in [-0.05, 0) is 37.3 Å². The first kappa shape index (κ1) is 13.7. The van der Waals surface area contributed by atoms with Crippen LogP contribution in [-0.2, 0) is 0 Å².